The number of hydrogen-bond donors (Lipinski definition) is 0. The molecule has 1 aromatic rings. The SMILES string of the molecule is ClCCN(Cc1ccc2c(c1)CCC2)C1CC1. The number of hydrogen-bond acceptors (Lipinski definition) is 1. The monoisotopic (exact) mass is 249 g/mol. The van der Waals surface area contributed by atoms with Gasteiger partial charge in [-0.2, -0.15) is 0 Å². The van der Waals surface area contributed by atoms with Crippen LogP contribution in [-0.2, 0) is 19.4 Å². The summed E-state index contributed by atoms with van der Waals surface area (Å²) in [6, 6.07) is 7.88. The van der Waals surface area contributed by atoms with E-state index < -0.39 is 0 Å². The third kappa shape index (κ3) is 2.66. The summed E-state index contributed by atoms with van der Waals surface area (Å²) in [4.78, 5) is 2.55. The van der Waals surface area contributed by atoms with Crippen molar-refractivity contribution >= 4 is 11.6 Å². The number of halogens is 1. The van der Waals surface area contributed by atoms with Crippen LogP contribution in [0.3, 0.4) is 0 Å². The molecule has 1 aromatic carbocycles. The summed E-state index contributed by atoms with van der Waals surface area (Å²) in [6.45, 7) is 2.12. The van der Waals surface area contributed by atoms with Crippen molar-refractivity contribution in [3.63, 3.8) is 0 Å². The van der Waals surface area contributed by atoms with Gasteiger partial charge in [-0.15, -0.1) is 11.6 Å². The van der Waals surface area contributed by atoms with Gasteiger partial charge >= 0.3 is 0 Å². The van der Waals surface area contributed by atoms with Crippen LogP contribution in [0.25, 0.3) is 0 Å². The average molecular weight is 250 g/mol. The average Bonchev–Trinajstić information content (AvgIpc) is 3.07. The Hall–Kier alpha value is -0.530. The molecule has 0 heterocycles. The van der Waals surface area contributed by atoms with E-state index in [-0.39, 0.29) is 0 Å². The van der Waals surface area contributed by atoms with Crippen molar-refractivity contribution in [3.05, 3.63) is 34.9 Å². The molecular formula is C15H20ClN. The molecule has 0 unspecified atom stereocenters. The fourth-order valence-electron chi connectivity index (χ4n) is 2.90. The minimum absolute atomic E-state index is 0.751. The number of aryl methyl sites for hydroxylation is 2. The summed E-state index contributed by atoms with van der Waals surface area (Å²) in [5, 5.41) is 0. The van der Waals surface area contributed by atoms with Gasteiger partial charge in [0.2, 0.25) is 0 Å². The molecule has 2 aliphatic carbocycles. The molecule has 1 saturated carbocycles. The molecule has 92 valence electrons. The smallest absolute Gasteiger partial charge is 0.0351 e. The molecule has 3 rings (SSSR count). The number of rotatable bonds is 5. The van der Waals surface area contributed by atoms with Gasteiger partial charge in [-0.1, -0.05) is 18.2 Å². The molecule has 0 saturated heterocycles. The number of nitrogens with zero attached hydrogens (tertiary/aromatic N) is 1. The second-order valence-corrected chi connectivity index (χ2v) is 5.73. The molecule has 1 nitrogen and oxygen atoms in total. The molecule has 0 amide bonds. The topological polar surface area (TPSA) is 3.24 Å². The first-order valence-corrected chi connectivity index (χ1v) is 7.31. The highest BCUT2D eigenvalue weighted by atomic mass is 35.5. The molecule has 2 heteroatoms. The minimum Gasteiger partial charge on any atom is -0.295 e. The van der Waals surface area contributed by atoms with Gasteiger partial charge in [0.1, 0.15) is 0 Å². The first kappa shape index (κ1) is 11.6. The molecule has 0 atom stereocenters. The van der Waals surface area contributed by atoms with Gasteiger partial charge in [0, 0.05) is 25.0 Å². The Morgan fingerprint density at radius 1 is 1.18 bits per heavy atom. The molecular weight excluding hydrogens is 230 g/mol. The van der Waals surface area contributed by atoms with Crippen LogP contribution >= 0.6 is 11.6 Å². The number of alkyl halides is 1. The van der Waals surface area contributed by atoms with Crippen LogP contribution < -0.4 is 0 Å². The van der Waals surface area contributed by atoms with Crippen LogP contribution in [0.5, 0.6) is 0 Å². The molecule has 1 fully saturated rings. The highest BCUT2D eigenvalue weighted by Gasteiger charge is 2.28. The Kier molecular flexibility index (Phi) is 3.39. The third-order valence-electron chi connectivity index (χ3n) is 3.98. The second-order valence-electron chi connectivity index (χ2n) is 5.35. The maximum atomic E-state index is 5.89. The molecule has 0 aliphatic heterocycles. The summed E-state index contributed by atoms with van der Waals surface area (Å²) in [7, 11) is 0. The van der Waals surface area contributed by atoms with Gasteiger partial charge in [-0.05, 0) is 48.8 Å². The number of fused-ring (bicyclic) bond motifs is 1. The van der Waals surface area contributed by atoms with Gasteiger partial charge in [0.05, 0.1) is 0 Å². The van der Waals surface area contributed by atoms with E-state index in [4.69, 9.17) is 11.6 Å². The van der Waals surface area contributed by atoms with Gasteiger partial charge in [-0.3, -0.25) is 4.90 Å². The predicted octanol–water partition coefficient (Wildman–Crippen LogP) is 3.38. The predicted molar refractivity (Wildman–Crippen MR) is 72.6 cm³/mol. The summed E-state index contributed by atoms with van der Waals surface area (Å²) >= 11 is 5.89. The van der Waals surface area contributed by atoms with Gasteiger partial charge in [-0.25, -0.2) is 0 Å². The summed E-state index contributed by atoms with van der Waals surface area (Å²) in [6.07, 6.45) is 6.63. The van der Waals surface area contributed by atoms with E-state index in [1.165, 1.54) is 37.7 Å². The fourth-order valence-corrected chi connectivity index (χ4v) is 3.11. The zero-order valence-electron chi connectivity index (χ0n) is 10.3. The van der Waals surface area contributed by atoms with Crippen LogP contribution in [0.15, 0.2) is 18.2 Å². The largest absolute Gasteiger partial charge is 0.295 e. The Bertz CT molecular complexity index is 398. The third-order valence-corrected chi connectivity index (χ3v) is 4.15. The van der Waals surface area contributed by atoms with Crippen LogP contribution in [-0.4, -0.2) is 23.4 Å². The van der Waals surface area contributed by atoms with E-state index in [0.29, 0.717) is 0 Å². The number of benzene rings is 1. The molecule has 2 aliphatic rings. The van der Waals surface area contributed by atoms with Crippen LogP contribution in [0.1, 0.15) is 36.0 Å². The van der Waals surface area contributed by atoms with E-state index in [9.17, 15) is 0 Å². The fraction of sp³-hybridized carbons (Fsp3) is 0.600. The maximum absolute atomic E-state index is 5.89. The van der Waals surface area contributed by atoms with Crippen molar-refractivity contribution in [1.29, 1.82) is 0 Å². The summed E-state index contributed by atoms with van der Waals surface area (Å²) < 4.78 is 0. The highest BCUT2D eigenvalue weighted by Crippen LogP contribution is 2.29. The first-order chi connectivity index (χ1) is 8.36. The molecule has 17 heavy (non-hydrogen) atoms. The minimum atomic E-state index is 0.751. The van der Waals surface area contributed by atoms with Gasteiger partial charge < -0.3 is 0 Å². The molecule has 0 spiro atoms. The maximum Gasteiger partial charge on any atom is 0.0351 e. The zero-order valence-corrected chi connectivity index (χ0v) is 11.0. The van der Waals surface area contributed by atoms with Crippen LogP contribution in [0, 0.1) is 0 Å². The lowest BCUT2D eigenvalue weighted by molar-refractivity contribution is 0.271. The lowest BCUT2D eigenvalue weighted by Gasteiger charge is -2.21. The standard InChI is InChI=1S/C15H20ClN/c16-8-9-17(15-6-7-15)11-12-4-5-13-2-1-3-14(13)10-12/h4-5,10,15H,1-3,6-9,11H2. The quantitative estimate of drug-likeness (QED) is 0.724. The van der Waals surface area contributed by atoms with Crippen molar-refractivity contribution in [3.8, 4) is 0 Å². The lowest BCUT2D eigenvalue weighted by atomic mass is 10.1. The highest BCUT2D eigenvalue weighted by molar-refractivity contribution is 6.18. The lowest BCUT2D eigenvalue weighted by Crippen LogP contribution is -2.27. The van der Waals surface area contributed by atoms with Gasteiger partial charge in [0.15, 0.2) is 0 Å². The van der Waals surface area contributed by atoms with Crippen molar-refractivity contribution in [1.82, 2.24) is 4.90 Å². The van der Waals surface area contributed by atoms with Crippen molar-refractivity contribution in [2.24, 2.45) is 0 Å². The van der Waals surface area contributed by atoms with E-state index in [1.807, 2.05) is 0 Å². The van der Waals surface area contributed by atoms with E-state index >= 15 is 0 Å². The Balaban J connectivity index is 1.70. The molecule has 0 N–H and O–H groups in total. The molecule has 0 aromatic heterocycles. The Labute approximate surface area is 109 Å². The van der Waals surface area contributed by atoms with E-state index in [1.54, 1.807) is 11.1 Å². The Morgan fingerprint density at radius 2 is 2.00 bits per heavy atom. The Morgan fingerprint density at radius 3 is 2.76 bits per heavy atom. The summed E-state index contributed by atoms with van der Waals surface area (Å²) in [5.74, 6) is 0.751. The zero-order chi connectivity index (χ0) is 11.7. The summed E-state index contributed by atoms with van der Waals surface area (Å²) in [5.41, 5.74) is 4.64. The normalized spacial score (nSPS) is 18.7. The van der Waals surface area contributed by atoms with E-state index in [2.05, 4.69) is 23.1 Å². The van der Waals surface area contributed by atoms with Crippen LogP contribution in [0.4, 0.5) is 0 Å². The molecule has 0 radical (unpaired) electrons. The van der Waals surface area contributed by atoms with Crippen molar-refractivity contribution in [2.45, 2.75) is 44.7 Å². The first-order valence-electron chi connectivity index (χ1n) is 6.77. The van der Waals surface area contributed by atoms with Crippen molar-refractivity contribution in [2.75, 3.05) is 12.4 Å². The van der Waals surface area contributed by atoms with Crippen molar-refractivity contribution < 1.29 is 0 Å². The second kappa shape index (κ2) is 4.99. The molecule has 0 bridgehead atoms. The van der Waals surface area contributed by atoms with Gasteiger partial charge in [0.25, 0.3) is 0 Å². The van der Waals surface area contributed by atoms with E-state index in [0.717, 1.165) is 25.0 Å². The van der Waals surface area contributed by atoms with Crippen LogP contribution in [0.2, 0.25) is 0 Å².